The molecule has 1 aliphatic carbocycles. The van der Waals surface area contributed by atoms with E-state index in [-0.39, 0.29) is 0 Å². The number of aryl methyl sites for hydroxylation is 1. The molecule has 118 valence electrons. The highest BCUT2D eigenvalue weighted by Crippen LogP contribution is 2.26. The fourth-order valence-electron chi connectivity index (χ4n) is 3.24. The molecule has 0 saturated heterocycles. The molecule has 0 atom stereocenters. The van der Waals surface area contributed by atoms with E-state index in [0.29, 0.717) is 6.04 Å². The van der Waals surface area contributed by atoms with E-state index in [4.69, 9.17) is 5.73 Å². The predicted molar refractivity (Wildman–Crippen MR) is 92.8 cm³/mol. The zero-order valence-corrected chi connectivity index (χ0v) is 13.7. The first kappa shape index (κ1) is 16.2. The second-order valence-electron chi connectivity index (χ2n) is 6.18. The average molecular weight is 289 g/mol. The summed E-state index contributed by atoms with van der Waals surface area (Å²) < 4.78 is 0. The molecule has 21 heavy (non-hydrogen) atoms. The predicted octanol–water partition coefficient (Wildman–Crippen LogP) is 3.90. The van der Waals surface area contributed by atoms with Crippen LogP contribution in [0.15, 0.2) is 18.2 Å². The van der Waals surface area contributed by atoms with Gasteiger partial charge >= 0.3 is 0 Å². The maximum Gasteiger partial charge on any atom is 0.0576 e. The summed E-state index contributed by atoms with van der Waals surface area (Å²) in [6.07, 6.45) is 7.58. The molecule has 3 N–H and O–H groups in total. The van der Waals surface area contributed by atoms with Crippen molar-refractivity contribution in [2.24, 2.45) is 0 Å². The molecule has 1 aromatic rings. The lowest BCUT2D eigenvalue weighted by molar-refractivity contribution is 0.300. The van der Waals surface area contributed by atoms with Gasteiger partial charge in [-0.05, 0) is 63.0 Å². The number of rotatable bonds is 8. The van der Waals surface area contributed by atoms with Crippen LogP contribution < -0.4 is 11.1 Å². The Labute approximate surface area is 129 Å². The van der Waals surface area contributed by atoms with Crippen molar-refractivity contribution in [3.05, 3.63) is 23.8 Å². The lowest BCUT2D eigenvalue weighted by Gasteiger charge is -2.18. The Hall–Kier alpha value is -1.22. The molecule has 3 heteroatoms. The zero-order valence-electron chi connectivity index (χ0n) is 13.7. The van der Waals surface area contributed by atoms with E-state index >= 15 is 0 Å². The van der Waals surface area contributed by atoms with Crippen molar-refractivity contribution in [1.29, 1.82) is 0 Å². The second-order valence-corrected chi connectivity index (χ2v) is 6.18. The topological polar surface area (TPSA) is 41.3 Å². The number of nitrogens with zero attached hydrogens (tertiary/aromatic N) is 1. The maximum absolute atomic E-state index is 6.21. The summed E-state index contributed by atoms with van der Waals surface area (Å²) in [6.45, 7) is 7.91. The molecule has 2 rings (SSSR count). The van der Waals surface area contributed by atoms with Crippen molar-refractivity contribution in [2.75, 3.05) is 30.7 Å². The van der Waals surface area contributed by atoms with Gasteiger partial charge in [0.05, 0.1) is 11.4 Å². The number of hydrogen-bond donors (Lipinski definition) is 2. The van der Waals surface area contributed by atoms with Crippen LogP contribution in [0.4, 0.5) is 11.4 Å². The minimum Gasteiger partial charge on any atom is -0.397 e. The van der Waals surface area contributed by atoms with Gasteiger partial charge in [-0.1, -0.05) is 32.8 Å². The minimum atomic E-state index is 0.626. The molecule has 1 fully saturated rings. The van der Waals surface area contributed by atoms with Gasteiger partial charge in [0.2, 0.25) is 0 Å². The van der Waals surface area contributed by atoms with Crippen LogP contribution in [0.5, 0.6) is 0 Å². The lowest BCUT2D eigenvalue weighted by Crippen LogP contribution is -2.24. The van der Waals surface area contributed by atoms with Crippen molar-refractivity contribution in [1.82, 2.24) is 4.90 Å². The summed E-state index contributed by atoms with van der Waals surface area (Å²) in [5.41, 5.74) is 9.59. The van der Waals surface area contributed by atoms with Gasteiger partial charge in [-0.25, -0.2) is 0 Å². The molecule has 0 radical (unpaired) electrons. The number of nitrogen functional groups attached to an aromatic ring is 1. The molecule has 1 aliphatic rings. The first-order chi connectivity index (χ1) is 10.2. The van der Waals surface area contributed by atoms with E-state index in [9.17, 15) is 0 Å². The molecule has 1 aromatic carbocycles. The fraction of sp³-hybridized carbons (Fsp3) is 0.667. The highest BCUT2D eigenvalue weighted by Gasteiger charge is 2.15. The third-order valence-electron chi connectivity index (χ3n) is 4.66. The first-order valence-electron chi connectivity index (χ1n) is 8.60. The molecule has 0 spiro atoms. The quantitative estimate of drug-likeness (QED) is 0.713. The van der Waals surface area contributed by atoms with Crippen LogP contribution in [0.25, 0.3) is 0 Å². The van der Waals surface area contributed by atoms with Crippen molar-refractivity contribution in [2.45, 2.75) is 58.4 Å². The summed E-state index contributed by atoms with van der Waals surface area (Å²) in [4.78, 5) is 2.47. The van der Waals surface area contributed by atoms with Gasteiger partial charge in [-0.2, -0.15) is 0 Å². The highest BCUT2D eigenvalue weighted by atomic mass is 15.1. The van der Waals surface area contributed by atoms with Crippen molar-refractivity contribution in [3.63, 3.8) is 0 Å². The molecule has 1 saturated carbocycles. The van der Waals surface area contributed by atoms with E-state index in [0.717, 1.165) is 30.9 Å². The number of benzene rings is 1. The maximum atomic E-state index is 6.21. The summed E-state index contributed by atoms with van der Waals surface area (Å²) >= 11 is 0. The van der Waals surface area contributed by atoms with Crippen LogP contribution in [-0.2, 0) is 6.42 Å². The van der Waals surface area contributed by atoms with E-state index in [2.05, 4.69) is 42.3 Å². The molecule has 0 aromatic heterocycles. The van der Waals surface area contributed by atoms with Crippen LogP contribution in [0.2, 0.25) is 0 Å². The number of nitrogens with two attached hydrogens (primary N) is 1. The summed E-state index contributed by atoms with van der Waals surface area (Å²) in [6, 6.07) is 7.18. The van der Waals surface area contributed by atoms with Gasteiger partial charge in [0.1, 0.15) is 0 Å². The van der Waals surface area contributed by atoms with Crippen LogP contribution in [0, 0.1) is 0 Å². The summed E-state index contributed by atoms with van der Waals surface area (Å²) in [5, 5.41) is 3.60. The Morgan fingerprint density at radius 2 is 1.90 bits per heavy atom. The van der Waals surface area contributed by atoms with Crippen LogP contribution in [0.1, 0.15) is 51.5 Å². The summed E-state index contributed by atoms with van der Waals surface area (Å²) in [5.74, 6) is 0. The molecular weight excluding hydrogens is 258 g/mol. The van der Waals surface area contributed by atoms with Crippen molar-refractivity contribution < 1.29 is 0 Å². The largest absolute Gasteiger partial charge is 0.397 e. The Kier molecular flexibility index (Phi) is 6.37. The van der Waals surface area contributed by atoms with Crippen LogP contribution in [0.3, 0.4) is 0 Å². The smallest absolute Gasteiger partial charge is 0.0576 e. The molecule has 3 nitrogen and oxygen atoms in total. The normalized spacial score (nSPS) is 15.8. The van der Waals surface area contributed by atoms with Crippen molar-refractivity contribution in [3.8, 4) is 0 Å². The van der Waals surface area contributed by atoms with E-state index < -0.39 is 0 Å². The Balaban J connectivity index is 1.83. The Morgan fingerprint density at radius 1 is 1.19 bits per heavy atom. The third kappa shape index (κ3) is 4.92. The third-order valence-corrected chi connectivity index (χ3v) is 4.66. The lowest BCUT2D eigenvalue weighted by atomic mass is 10.1. The van der Waals surface area contributed by atoms with E-state index in [1.54, 1.807) is 0 Å². The number of anilines is 2. The number of nitrogens with one attached hydrogen (secondary N) is 1. The summed E-state index contributed by atoms with van der Waals surface area (Å²) in [7, 11) is 0. The highest BCUT2D eigenvalue weighted by molar-refractivity contribution is 5.67. The Morgan fingerprint density at radius 3 is 2.52 bits per heavy atom. The minimum absolute atomic E-state index is 0.626. The Bertz CT molecular complexity index is 420. The van der Waals surface area contributed by atoms with Crippen LogP contribution in [-0.4, -0.2) is 30.6 Å². The molecule has 0 heterocycles. The van der Waals surface area contributed by atoms with E-state index in [1.807, 2.05) is 0 Å². The van der Waals surface area contributed by atoms with Gasteiger partial charge in [0, 0.05) is 6.04 Å². The molecular formula is C18H31N3. The molecule has 0 unspecified atom stereocenters. The first-order valence-corrected chi connectivity index (χ1v) is 8.60. The van der Waals surface area contributed by atoms with Gasteiger partial charge in [-0.3, -0.25) is 0 Å². The molecule has 0 aliphatic heterocycles. The van der Waals surface area contributed by atoms with Crippen molar-refractivity contribution >= 4 is 11.4 Å². The standard InChI is InChI=1S/C18H31N3/c1-3-21(4-2)13-7-8-15-11-12-18(17(19)14-15)20-16-9-5-6-10-16/h11-12,14,16,20H,3-10,13,19H2,1-2H3. The van der Waals surface area contributed by atoms with Crippen LogP contribution >= 0.6 is 0 Å². The van der Waals surface area contributed by atoms with Gasteiger partial charge < -0.3 is 16.0 Å². The van der Waals surface area contributed by atoms with Gasteiger partial charge in [0.25, 0.3) is 0 Å². The zero-order chi connectivity index (χ0) is 15.1. The molecule has 0 bridgehead atoms. The van der Waals surface area contributed by atoms with Gasteiger partial charge in [0.15, 0.2) is 0 Å². The SMILES string of the molecule is CCN(CC)CCCc1ccc(NC2CCCC2)c(N)c1. The number of hydrogen-bond acceptors (Lipinski definition) is 3. The second kappa shape index (κ2) is 8.28. The monoisotopic (exact) mass is 289 g/mol. The fourth-order valence-corrected chi connectivity index (χ4v) is 3.24. The molecule has 0 amide bonds. The van der Waals surface area contributed by atoms with Gasteiger partial charge in [-0.15, -0.1) is 0 Å². The average Bonchev–Trinajstić information content (AvgIpc) is 2.99. The van der Waals surface area contributed by atoms with E-state index in [1.165, 1.54) is 44.2 Å².